The first-order valence-electron chi connectivity index (χ1n) is 9.09. The maximum Gasteiger partial charge on any atom is 0.257 e. The summed E-state index contributed by atoms with van der Waals surface area (Å²) in [6.45, 7) is 0. The molecular weight excluding hydrogens is 422 g/mol. The van der Waals surface area contributed by atoms with Gasteiger partial charge in [-0.15, -0.1) is 0 Å². The average Bonchev–Trinajstić information content (AvgIpc) is 3.36. The van der Waals surface area contributed by atoms with E-state index in [4.69, 9.17) is 20.4 Å². The van der Waals surface area contributed by atoms with Gasteiger partial charge >= 0.3 is 0 Å². The number of para-hydroxylation sites is 3. The van der Waals surface area contributed by atoms with Gasteiger partial charge in [-0.05, 0) is 42.5 Å². The molecule has 0 bridgehead atoms. The first-order valence-corrected chi connectivity index (χ1v) is 10.5. The summed E-state index contributed by atoms with van der Waals surface area (Å²) < 4.78 is 11.5. The van der Waals surface area contributed by atoms with Gasteiger partial charge in [0.25, 0.3) is 5.22 Å². The molecule has 30 heavy (non-hydrogen) atoms. The van der Waals surface area contributed by atoms with Crippen LogP contribution < -0.4 is 5.32 Å². The Kier molecular flexibility index (Phi) is 4.90. The number of benzene rings is 3. The molecule has 148 valence electrons. The van der Waals surface area contributed by atoms with E-state index in [9.17, 15) is 4.79 Å². The Morgan fingerprint density at radius 1 is 0.933 bits per heavy atom. The Morgan fingerprint density at radius 2 is 1.73 bits per heavy atom. The van der Waals surface area contributed by atoms with E-state index in [0.717, 1.165) is 5.52 Å². The SMILES string of the molecule is O=C(CSc1nc2ccccc2o1)Nc1ccccc1-c1nc2cc(Cl)ccc2o1. The third kappa shape index (κ3) is 3.77. The fourth-order valence-electron chi connectivity index (χ4n) is 3.02. The Hall–Kier alpha value is -3.29. The van der Waals surface area contributed by atoms with E-state index in [1.54, 1.807) is 24.3 Å². The summed E-state index contributed by atoms with van der Waals surface area (Å²) in [4.78, 5) is 21.4. The Bertz CT molecular complexity index is 1350. The molecule has 0 aliphatic heterocycles. The van der Waals surface area contributed by atoms with Crippen LogP contribution in [0.4, 0.5) is 5.69 Å². The van der Waals surface area contributed by atoms with Crippen LogP contribution in [-0.2, 0) is 4.79 Å². The molecule has 0 unspecified atom stereocenters. The maximum atomic E-state index is 12.5. The second-order valence-electron chi connectivity index (χ2n) is 6.46. The van der Waals surface area contributed by atoms with Gasteiger partial charge in [0.2, 0.25) is 11.8 Å². The number of halogens is 1. The molecule has 2 aromatic heterocycles. The van der Waals surface area contributed by atoms with Crippen molar-refractivity contribution in [1.29, 1.82) is 0 Å². The molecule has 8 heteroatoms. The number of carbonyl (C=O) groups is 1. The number of fused-ring (bicyclic) bond motifs is 2. The lowest BCUT2D eigenvalue weighted by atomic mass is 10.2. The number of carbonyl (C=O) groups excluding carboxylic acids is 1. The highest BCUT2D eigenvalue weighted by Gasteiger charge is 2.15. The number of aromatic nitrogens is 2. The zero-order chi connectivity index (χ0) is 20.5. The summed E-state index contributed by atoms with van der Waals surface area (Å²) in [5, 5.41) is 3.95. The molecule has 0 atom stereocenters. The fourth-order valence-corrected chi connectivity index (χ4v) is 3.83. The van der Waals surface area contributed by atoms with E-state index in [-0.39, 0.29) is 11.7 Å². The zero-order valence-corrected chi connectivity index (χ0v) is 17.0. The average molecular weight is 436 g/mol. The van der Waals surface area contributed by atoms with Crippen molar-refractivity contribution in [3.8, 4) is 11.5 Å². The number of thioether (sulfide) groups is 1. The van der Waals surface area contributed by atoms with Crippen molar-refractivity contribution in [2.45, 2.75) is 5.22 Å². The number of amides is 1. The highest BCUT2D eigenvalue weighted by atomic mass is 35.5. The minimum Gasteiger partial charge on any atom is -0.436 e. The third-order valence-corrected chi connectivity index (χ3v) is 5.45. The van der Waals surface area contributed by atoms with E-state index >= 15 is 0 Å². The molecule has 1 N–H and O–H groups in total. The monoisotopic (exact) mass is 435 g/mol. The molecule has 5 aromatic rings. The lowest BCUT2D eigenvalue weighted by Crippen LogP contribution is -2.14. The van der Waals surface area contributed by atoms with Gasteiger partial charge in [0.15, 0.2) is 11.2 Å². The van der Waals surface area contributed by atoms with Crippen molar-refractivity contribution < 1.29 is 13.6 Å². The molecule has 0 aliphatic carbocycles. The summed E-state index contributed by atoms with van der Waals surface area (Å²) in [7, 11) is 0. The molecule has 0 saturated heterocycles. The molecule has 1 amide bonds. The topological polar surface area (TPSA) is 81.2 Å². The van der Waals surface area contributed by atoms with Gasteiger partial charge in [0.1, 0.15) is 11.0 Å². The second kappa shape index (κ2) is 7.85. The molecule has 0 fully saturated rings. The predicted octanol–water partition coefficient (Wildman–Crippen LogP) is 6.02. The van der Waals surface area contributed by atoms with Crippen LogP contribution in [0.3, 0.4) is 0 Å². The van der Waals surface area contributed by atoms with Crippen molar-refractivity contribution in [1.82, 2.24) is 9.97 Å². The van der Waals surface area contributed by atoms with Crippen LogP contribution >= 0.6 is 23.4 Å². The molecule has 6 nitrogen and oxygen atoms in total. The molecule has 0 aliphatic rings. The smallest absolute Gasteiger partial charge is 0.257 e. The van der Waals surface area contributed by atoms with Gasteiger partial charge in [-0.3, -0.25) is 4.79 Å². The van der Waals surface area contributed by atoms with E-state index in [1.165, 1.54) is 11.8 Å². The highest BCUT2D eigenvalue weighted by Crippen LogP contribution is 2.31. The molecule has 2 heterocycles. The van der Waals surface area contributed by atoms with Gasteiger partial charge in [-0.2, -0.15) is 0 Å². The number of anilines is 1. The number of hydrogen-bond acceptors (Lipinski definition) is 6. The summed E-state index contributed by atoms with van der Waals surface area (Å²) >= 11 is 7.27. The van der Waals surface area contributed by atoms with Gasteiger partial charge in [-0.25, -0.2) is 9.97 Å². The molecular formula is C22H14ClN3O3S. The molecule has 5 rings (SSSR count). The van der Waals surface area contributed by atoms with Gasteiger partial charge in [0, 0.05) is 5.02 Å². The standard InChI is InChI=1S/C22H14ClN3O3S/c23-13-9-10-19-17(11-13)25-21(28-19)14-5-1-2-6-15(14)24-20(27)12-30-22-26-16-7-3-4-8-18(16)29-22/h1-11H,12H2,(H,24,27). The van der Waals surface area contributed by atoms with Crippen LogP contribution in [0.5, 0.6) is 0 Å². The molecule has 0 spiro atoms. The van der Waals surface area contributed by atoms with Crippen molar-refractivity contribution in [3.63, 3.8) is 0 Å². The quantitative estimate of drug-likeness (QED) is 0.340. The lowest BCUT2D eigenvalue weighted by Gasteiger charge is -2.08. The van der Waals surface area contributed by atoms with E-state index in [1.807, 2.05) is 42.5 Å². The molecule has 3 aromatic carbocycles. The Morgan fingerprint density at radius 3 is 2.63 bits per heavy atom. The van der Waals surface area contributed by atoms with Crippen molar-refractivity contribution >= 4 is 57.2 Å². The lowest BCUT2D eigenvalue weighted by molar-refractivity contribution is -0.113. The van der Waals surface area contributed by atoms with Crippen LogP contribution in [0.2, 0.25) is 5.02 Å². The molecule has 0 radical (unpaired) electrons. The fraction of sp³-hybridized carbons (Fsp3) is 0.0455. The van der Waals surface area contributed by atoms with Crippen LogP contribution in [0.1, 0.15) is 0 Å². The number of nitrogens with zero attached hydrogens (tertiary/aromatic N) is 2. The maximum absolute atomic E-state index is 12.5. The second-order valence-corrected chi connectivity index (χ2v) is 7.82. The number of nitrogens with one attached hydrogen (secondary N) is 1. The van der Waals surface area contributed by atoms with Gasteiger partial charge < -0.3 is 14.2 Å². The summed E-state index contributed by atoms with van der Waals surface area (Å²) in [6.07, 6.45) is 0. The number of oxazole rings is 2. The van der Waals surface area contributed by atoms with Crippen LogP contribution in [0.15, 0.2) is 80.8 Å². The molecule has 0 saturated carbocycles. The van der Waals surface area contributed by atoms with Crippen LogP contribution in [0, 0.1) is 0 Å². The van der Waals surface area contributed by atoms with Crippen LogP contribution in [-0.4, -0.2) is 21.6 Å². The minimum atomic E-state index is -0.186. The highest BCUT2D eigenvalue weighted by molar-refractivity contribution is 7.99. The minimum absolute atomic E-state index is 0.157. The van der Waals surface area contributed by atoms with E-state index in [0.29, 0.717) is 44.1 Å². The van der Waals surface area contributed by atoms with E-state index < -0.39 is 0 Å². The summed E-state index contributed by atoms with van der Waals surface area (Å²) in [5.74, 6) is 0.383. The largest absolute Gasteiger partial charge is 0.436 e. The van der Waals surface area contributed by atoms with Gasteiger partial charge in [0.05, 0.1) is 17.0 Å². The van der Waals surface area contributed by atoms with Crippen molar-refractivity contribution in [2.24, 2.45) is 0 Å². The van der Waals surface area contributed by atoms with Crippen molar-refractivity contribution in [2.75, 3.05) is 11.1 Å². The Balaban J connectivity index is 1.33. The summed E-state index contributed by atoms with van der Waals surface area (Å²) in [6, 6.07) is 20.1. The van der Waals surface area contributed by atoms with Crippen molar-refractivity contribution in [3.05, 3.63) is 71.8 Å². The number of hydrogen-bond donors (Lipinski definition) is 1. The predicted molar refractivity (Wildman–Crippen MR) is 118 cm³/mol. The normalized spacial score (nSPS) is 11.2. The Labute approximate surface area is 180 Å². The first-order chi connectivity index (χ1) is 14.7. The summed E-state index contributed by atoms with van der Waals surface area (Å²) in [5.41, 5.74) is 4.04. The first kappa shape index (κ1) is 18.7. The number of rotatable bonds is 5. The van der Waals surface area contributed by atoms with E-state index in [2.05, 4.69) is 15.3 Å². The third-order valence-electron chi connectivity index (χ3n) is 4.38. The zero-order valence-electron chi connectivity index (χ0n) is 15.5. The van der Waals surface area contributed by atoms with Gasteiger partial charge in [-0.1, -0.05) is 47.6 Å². The van der Waals surface area contributed by atoms with Crippen LogP contribution in [0.25, 0.3) is 33.7 Å².